The summed E-state index contributed by atoms with van der Waals surface area (Å²) in [6.07, 6.45) is 12.4. The highest BCUT2D eigenvalue weighted by molar-refractivity contribution is 7.61. The summed E-state index contributed by atoms with van der Waals surface area (Å²) in [5, 5.41) is 0.384. The van der Waals surface area contributed by atoms with Gasteiger partial charge in [0.2, 0.25) is 0 Å². The van der Waals surface area contributed by atoms with Crippen LogP contribution in [0.2, 0.25) is 0 Å². The van der Waals surface area contributed by atoms with Crippen molar-refractivity contribution in [3.05, 3.63) is 29.8 Å². The second kappa shape index (κ2) is 11.8. The van der Waals surface area contributed by atoms with E-state index in [4.69, 9.17) is 4.52 Å². The van der Waals surface area contributed by atoms with Crippen molar-refractivity contribution in [3.63, 3.8) is 0 Å². The normalized spacial score (nSPS) is 13.9. The molecule has 1 N–H and O–H groups in total. The van der Waals surface area contributed by atoms with Crippen molar-refractivity contribution in [2.45, 2.75) is 78.1 Å². The standard InChI is InChI=1S/C19H33O3P/c1-3-4-5-6-7-8-9-10-11-12-17-22-23(20,21)19-15-13-18(2)14-16-19/h13-16H,3-12,17H2,1-2H3,(H,20,21). The molecule has 0 heterocycles. The van der Waals surface area contributed by atoms with E-state index in [9.17, 15) is 9.46 Å². The topological polar surface area (TPSA) is 46.5 Å². The van der Waals surface area contributed by atoms with Crippen molar-refractivity contribution < 1.29 is 14.0 Å². The Hall–Kier alpha value is -0.630. The van der Waals surface area contributed by atoms with Crippen LogP contribution in [0.15, 0.2) is 24.3 Å². The van der Waals surface area contributed by atoms with Gasteiger partial charge in [-0.2, -0.15) is 0 Å². The van der Waals surface area contributed by atoms with Crippen LogP contribution in [0.3, 0.4) is 0 Å². The third-order valence-electron chi connectivity index (χ3n) is 4.12. The second-order valence-corrected chi connectivity index (χ2v) is 8.19. The van der Waals surface area contributed by atoms with Gasteiger partial charge in [-0.05, 0) is 25.5 Å². The summed E-state index contributed by atoms with van der Waals surface area (Å²) in [4.78, 5) is 9.95. The Morgan fingerprint density at radius 2 is 1.35 bits per heavy atom. The first kappa shape index (κ1) is 20.4. The molecule has 0 spiro atoms. The summed E-state index contributed by atoms with van der Waals surface area (Å²) >= 11 is 0. The Bertz CT molecular complexity index is 456. The van der Waals surface area contributed by atoms with Crippen molar-refractivity contribution >= 4 is 12.9 Å². The van der Waals surface area contributed by atoms with Gasteiger partial charge in [0.1, 0.15) is 0 Å². The van der Waals surface area contributed by atoms with Gasteiger partial charge in [0.05, 0.1) is 11.9 Å². The Morgan fingerprint density at radius 3 is 1.87 bits per heavy atom. The lowest BCUT2D eigenvalue weighted by molar-refractivity contribution is 0.261. The number of hydrogen-bond acceptors (Lipinski definition) is 2. The molecule has 0 aliphatic carbocycles. The average molecular weight is 340 g/mol. The minimum Gasteiger partial charge on any atom is -0.321 e. The lowest BCUT2D eigenvalue weighted by Gasteiger charge is -2.12. The molecule has 0 amide bonds. The van der Waals surface area contributed by atoms with E-state index in [1.807, 2.05) is 19.1 Å². The maximum Gasteiger partial charge on any atom is 0.358 e. The molecular formula is C19H33O3P. The van der Waals surface area contributed by atoms with Gasteiger partial charge in [0.25, 0.3) is 0 Å². The lowest BCUT2D eigenvalue weighted by Crippen LogP contribution is -2.07. The third kappa shape index (κ3) is 9.30. The predicted molar refractivity (Wildman–Crippen MR) is 98.4 cm³/mol. The zero-order valence-corrected chi connectivity index (χ0v) is 15.7. The van der Waals surface area contributed by atoms with Gasteiger partial charge in [-0.3, -0.25) is 4.57 Å². The highest BCUT2D eigenvalue weighted by Gasteiger charge is 2.21. The van der Waals surface area contributed by atoms with Crippen molar-refractivity contribution in [2.24, 2.45) is 0 Å². The smallest absolute Gasteiger partial charge is 0.321 e. The van der Waals surface area contributed by atoms with E-state index in [0.717, 1.165) is 18.4 Å². The number of benzene rings is 1. The van der Waals surface area contributed by atoms with Crippen molar-refractivity contribution in [2.75, 3.05) is 6.61 Å². The minimum absolute atomic E-state index is 0.359. The van der Waals surface area contributed by atoms with Crippen molar-refractivity contribution in [1.82, 2.24) is 0 Å². The molecule has 1 atom stereocenters. The van der Waals surface area contributed by atoms with Gasteiger partial charge in [-0.1, -0.05) is 82.4 Å². The maximum atomic E-state index is 12.1. The van der Waals surface area contributed by atoms with Crippen molar-refractivity contribution in [1.29, 1.82) is 0 Å². The molecule has 0 radical (unpaired) electrons. The second-order valence-electron chi connectivity index (χ2n) is 6.37. The van der Waals surface area contributed by atoms with Crippen LogP contribution in [0.1, 0.15) is 76.7 Å². The van der Waals surface area contributed by atoms with Gasteiger partial charge in [-0.25, -0.2) is 0 Å². The quantitative estimate of drug-likeness (QED) is 0.368. The van der Waals surface area contributed by atoms with E-state index < -0.39 is 7.60 Å². The maximum absolute atomic E-state index is 12.1. The summed E-state index contributed by atoms with van der Waals surface area (Å²) in [5.41, 5.74) is 1.07. The molecule has 4 heteroatoms. The van der Waals surface area contributed by atoms with Gasteiger partial charge in [0.15, 0.2) is 0 Å². The molecule has 3 nitrogen and oxygen atoms in total. The molecule has 1 unspecified atom stereocenters. The summed E-state index contributed by atoms with van der Waals surface area (Å²) in [6.45, 7) is 4.56. The molecule has 0 aromatic heterocycles. The molecule has 0 aliphatic heterocycles. The van der Waals surface area contributed by atoms with Gasteiger partial charge >= 0.3 is 7.60 Å². The number of unbranched alkanes of at least 4 members (excludes halogenated alkanes) is 9. The zero-order chi connectivity index (χ0) is 17.0. The SMILES string of the molecule is CCCCCCCCCCCCOP(=O)(O)c1ccc(C)cc1. The van der Waals surface area contributed by atoms with E-state index >= 15 is 0 Å². The van der Waals surface area contributed by atoms with Gasteiger partial charge in [0, 0.05) is 0 Å². The van der Waals surface area contributed by atoms with Crippen LogP contribution in [-0.4, -0.2) is 11.5 Å². The molecular weight excluding hydrogens is 307 g/mol. The molecule has 1 rings (SSSR count). The first-order chi connectivity index (χ1) is 11.1. The van der Waals surface area contributed by atoms with E-state index in [1.54, 1.807) is 12.1 Å². The largest absolute Gasteiger partial charge is 0.358 e. The van der Waals surface area contributed by atoms with E-state index in [-0.39, 0.29) is 0 Å². The van der Waals surface area contributed by atoms with Crippen LogP contribution >= 0.6 is 7.60 Å². The fourth-order valence-corrected chi connectivity index (χ4v) is 3.64. The van der Waals surface area contributed by atoms with Gasteiger partial charge in [-0.15, -0.1) is 0 Å². The number of rotatable bonds is 13. The van der Waals surface area contributed by atoms with E-state index in [2.05, 4.69) is 6.92 Å². The Morgan fingerprint density at radius 1 is 0.870 bits per heavy atom. The molecule has 0 fully saturated rings. The first-order valence-corrected chi connectivity index (χ1v) is 10.7. The predicted octanol–water partition coefficient (Wildman–Crippen LogP) is 5.74. The van der Waals surface area contributed by atoms with Crippen LogP contribution in [0.5, 0.6) is 0 Å². The van der Waals surface area contributed by atoms with Crippen molar-refractivity contribution in [3.8, 4) is 0 Å². The molecule has 1 aromatic carbocycles. The Kier molecular flexibility index (Phi) is 10.5. The summed E-state index contributed by atoms with van der Waals surface area (Å²) in [7, 11) is -3.64. The fourth-order valence-electron chi connectivity index (χ4n) is 2.59. The number of aryl methyl sites for hydroxylation is 1. The van der Waals surface area contributed by atoms with Crippen LogP contribution < -0.4 is 5.30 Å². The van der Waals surface area contributed by atoms with Crippen LogP contribution in [0, 0.1) is 6.92 Å². The molecule has 23 heavy (non-hydrogen) atoms. The lowest BCUT2D eigenvalue weighted by atomic mass is 10.1. The first-order valence-electron chi connectivity index (χ1n) is 9.11. The summed E-state index contributed by atoms with van der Waals surface area (Å²) < 4.78 is 17.4. The van der Waals surface area contributed by atoms with E-state index in [1.165, 1.54) is 51.4 Å². The molecule has 0 saturated heterocycles. The third-order valence-corrected chi connectivity index (χ3v) is 5.61. The highest BCUT2D eigenvalue weighted by Crippen LogP contribution is 2.40. The van der Waals surface area contributed by atoms with Crippen LogP contribution in [-0.2, 0) is 9.09 Å². The highest BCUT2D eigenvalue weighted by atomic mass is 31.2. The zero-order valence-electron chi connectivity index (χ0n) is 14.8. The molecule has 1 aromatic rings. The monoisotopic (exact) mass is 340 g/mol. The van der Waals surface area contributed by atoms with Crippen LogP contribution in [0.25, 0.3) is 0 Å². The minimum atomic E-state index is -3.64. The molecule has 0 saturated carbocycles. The Balaban J connectivity index is 2.04. The number of hydrogen-bond donors (Lipinski definition) is 1. The average Bonchev–Trinajstić information content (AvgIpc) is 2.53. The molecule has 0 bridgehead atoms. The van der Waals surface area contributed by atoms with E-state index in [0.29, 0.717) is 11.9 Å². The van der Waals surface area contributed by atoms with Crippen LogP contribution in [0.4, 0.5) is 0 Å². The fraction of sp³-hybridized carbons (Fsp3) is 0.684. The molecule has 132 valence electrons. The molecule has 0 aliphatic rings. The van der Waals surface area contributed by atoms with Gasteiger partial charge < -0.3 is 9.42 Å². The Labute approximate surface area is 142 Å². The summed E-state index contributed by atoms with van der Waals surface area (Å²) in [5.74, 6) is 0. The summed E-state index contributed by atoms with van der Waals surface area (Å²) in [6, 6.07) is 7.02.